The van der Waals surface area contributed by atoms with Crippen LogP contribution >= 0.6 is 15.9 Å². The van der Waals surface area contributed by atoms with E-state index in [2.05, 4.69) is 22.5 Å². The second-order valence-electron chi connectivity index (χ2n) is 5.18. The van der Waals surface area contributed by atoms with E-state index < -0.39 is 0 Å². The maximum atomic E-state index is 11.7. The molecule has 2 N–H and O–H groups in total. The average molecular weight is 385 g/mol. The van der Waals surface area contributed by atoms with Gasteiger partial charge in [0.15, 0.2) is 5.78 Å². The summed E-state index contributed by atoms with van der Waals surface area (Å²) < 4.78 is 0.663. The summed E-state index contributed by atoms with van der Waals surface area (Å²) in [6, 6.07) is 16.1. The zero-order valence-electron chi connectivity index (χ0n) is 13.2. The molecule has 4 heteroatoms. The molecule has 2 aromatic rings. The van der Waals surface area contributed by atoms with Crippen molar-refractivity contribution in [2.45, 2.75) is 6.92 Å². The van der Waals surface area contributed by atoms with Crippen molar-refractivity contribution in [2.24, 2.45) is 0 Å². The molecule has 0 spiro atoms. The Balaban J connectivity index is 2.76. The van der Waals surface area contributed by atoms with Gasteiger partial charge in [-0.25, -0.2) is 0 Å². The lowest BCUT2D eigenvalue weighted by Crippen LogP contribution is -2.01. The van der Waals surface area contributed by atoms with Crippen LogP contribution in [0.5, 0.6) is 0 Å². The van der Waals surface area contributed by atoms with Crippen molar-refractivity contribution in [3.8, 4) is 0 Å². The lowest BCUT2D eigenvalue weighted by atomic mass is 9.92. The van der Waals surface area contributed by atoms with E-state index in [-0.39, 0.29) is 22.9 Å². The van der Waals surface area contributed by atoms with Gasteiger partial charge in [-0.15, -0.1) is 0 Å². The highest BCUT2D eigenvalue weighted by atomic mass is 79.9. The van der Waals surface area contributed by atoms with E-state index in [1.165, 1.54) is 13.0 Å². The number of benzene rings is 2. The minimum atomic E-state index is -0.320. The van der Waals surface area contributed by atoms with Crippen molar-refractivity contribution in [1.29, 1.82) is 0 Å². The van der Waals surface area contributed by atoms with Gasteiger partial charge < -0.3 is 10.2 Å². The fraction of sp³-hybridized carbons (Fsp3) is 0.0500. The van der Waals surface area contributed by atoms with Crippen molar-refractivity contribution >= 4 is 33.0 Å². The molecule has 0 atom stereocenters. The Morgan fingerprint density at radius 3 is 2.17 bits per heavy atom. The summed E-state index contributed by atoms with van der Waals surface area (Å²) in [5.74, 6) is -0.682. The maximum absolute atomic E-state index is 11.7. The maximum Gasteiger partial charge on any atom is 0.153 e. The largest absolute Gasteiger partial charge is 0.508 e. The molecule has 0 aromatic heterocycles. The molecule has 0 radical (unpaired) electrons. The topological polar surface area (TPSA) is 57.5 Å². The fourth-order valence-corrected chi connectivity index (χ4v) is 2.80. The number of carbonyl (C=O) groups is 1. The number of ketones is 1. The Bertz CT molecular complexity index is 833. The first-order valence-electron chi connectivity index (χ1n) is 7.26. The molecule has 0 bridgehead atoms. The zero-order chi connectivity index (χ0) is 17.7. The number of rotatable bonds is 5. The molecule has 24 heavy (non-hydrogen) atoms. The monoisotopic (exact) mass is 384 g/mol. The molecule has 0 aliphatic rings. The second-order valence-corrected chi connectivity index (χ2v) is 6.04. The van der Waals surface area contributed by atoms with Gasteiger partial charge in [0, 0.05) is 10.0 Å². The molecule has 0 saturated carbocycles. The molecule has 0 saturated heterocycles. The van der Waals surface area contributed by atoms with Crippen molar-refractivity contribution in [3.05, 3.63) is 94.2 Å². The average Bonchev–Trinajstić information content (AvgIpc) is 2.54. The number of aliphatic hydroxyl groups is 2. The summed E-state index contributed by atoms with van der Waals surface area (Å²) in [5, 5.41) is 20.9. The Kier molecular flexibility index (Phi) is 5.77. The minimum Gasteiger partial charge on any atom is -0.508 e. The van der Waals surface area contributed by atoms with Gasteiger partial charge in [0.1, 0.15) is 11.5 Å². The van der Waals surface area contributed by atoms with E-state index in [0.717, 1.165) is 0 Å². The van der Waals surface area contributed by atoms with Crippen LogP contribution < -0.4 is 0 Å². The van der Waals surface area contributed by atoms with Gasteiger partial charge in [-0.1, -0.05) is 71.0 Å². The van der Waals surface area contributed by atoms with Crippen LogP contribution in [0.25, 0.3) is 11.3 Å². The molecule has 0 aliphatic heterocycles. The third-order valence-corrected chi connectivity index (χ3v) is 4.05. The highest BCUT2D eigenvalue weighted by molar-refractivity contribution is 9.10. The molecule has 2 rings (SSSR count). The molecular formula is C20H17BrO3. The Morgan fingerprint density at radius 1 is 1.04 bits per heavy atom. The van der Waals surface area contributed by atoms with Gasteiger partial charge in [-0.2, -0.15) is 0 Å². The molecule has 0 amide bonds. The minimum absolute atomic E-state index is 0.114. The number of allylic oxidation sites excluding steroid dienone is 2. The highest BCUT2D eigenvalue weighted by Crippen LogP contribution is 2.34. The van der Waals surface area contributed by atoms with Crippen LogP contribution in [0.2, 0.25) is 0 Å². The quantitative estimate of drug-likeness (QED) is 0.408. The van der Waals surface area contributed by atoms with Gasteiger partial charge in [-0.3, -0.25) is 4.79 Å². The second kappa shape index (κ2) is 7.79. The van der Waals surface area contributed by atoms with Crippen LogP contribution in [0.3, 0.4) is 0 Å². The van der Waals surface area contributed by atoms with Crippen LogP contribution in [0.4, 0.5) is 0 Å². The first-order chi connectivity index (χ1) is 11.4. The third kappa shape index (κ3) is 4.03. The zero-order valence-corrected chi connectivity index (χ0v) is 14.7. The van der Waals surface area contributed by atoms with Gasteiger partial charge in [-0.05, 0) is 30.2 Å². The summed E-state index contributed by atoms with van der Waals surface area (Å²) in [7, 11) is 0. The number of halogens is 1. The first kappa shape index (κ1) is 17.8. The van der Waals surface area contributed by atoms with Gasteiger partial charge in [0.2, 0.25) is 0 Å². The first-order valence-corrected chi connectivity index (χ1v) is 8.05. The number of hydrogen-bond donors (Lipinski definition) is 2. The lowest BCUT2D eigenvalue weighted by Gasteiger charge is -2.15. The van der Waals surface area contributed by atoms with Crippen molar-refractivity contribution in [2.75, 3.05) is 0 Å². The van der Waals surface area contributed by atoms with Gasteiger partial charge >= 0.3 is 0 Å². The molecule has 0 unspecified atom stereocenters. The number of carbonyl (C=O) groups excluding carboxylic acids is 1. The summed E-state index contributed by atoms with van der Waals surface area (Å²) >= 11 is 3.38. The van der Waals surface area contributed by atoms with Crippen LogP contribution in [0.1, 0.15) is 18.1 Å². The third-order valence-electron chi connectivity index (χ3n) is 3.36. The number of aliphatic hydroxyl groups excluding tert-OH is 2. The van der Waals surface area contributed by atoms with E-state index in [1.807, 2.05) is 24.3 Å². The highest BCUT2D eigenvalue weighted by Gasteiger charge is 2.19. The summed E-state index contributed by atoms with van der Waals surface area (Å²) in [6.07, 6.45) is 1.37. The van der Waals surface area contributed by atoms with Gasteiger partial charge in [0.25, 0.3) is 0 Å². The Morgan fingerprint density at radius 2 is 1.62 bits per heavy atom. The van der Waals surface area contributed by atoms with E-state index >= 15 is 0 Å². The Hall–Kier alpha value is -2.59. The van der Waals surface area contributed by atoms with E-state index in [1.54, 1.807) is 30.3 Å². The lowest BCUT2D eigenvalue weighted by molar-refractivity contribution is -0.112. The van der Waals surface area contributed by atoms with Crippen molar-refractivity contribution in [1.82, 2.24) is 0 Å². The van der Waals surface area contributed by atoms with Crippen molar-refractivity contribution in [3.63, 3.8) is 0 Å². The predicted molar refractivity (Wildman–Crippen MR) is 101 cm³/mol. The molecule has 122 valence electrons. The molecular weight excluding hydrogens is 368 g/mol. The predicted octanol–water partition coefficient (Wildman–Crippen LogP) is 5.46. The Labute approximate surface area is 149 Å². The van der Waals surface area contributed by atoms with Crippen LogP contribution in [-0.4, -0.2) is 16.0 Å². The van der Waals surface area contributed by atoms with Crippen LogP contribution in [0, 0.1) is 0 Å². The van der Waals surface area contributed by atoms with E-state index in [0.29, 0.717) is 21.2 Å². The number of hydrogen-bond acceptors (Lipinski definition) is 3. The van der Waals surface area contributed by atoms with Gasteiger partial charge in [0.05, 0.1) is 5.57 Å². The van der Waals surface area contributed by atoms with Crippen molar-refractivity contribution < 1.29 is 15.0 Å². The van der Waals surface area contributed by atoms with E-state index in [4.69, 9.17) is 0 Å². The summed E-state index contributed by atoms with van der Waals surface area (Å²) in [4.78, 5) is 11.7. The SMILES string of the molecule is C=C(O)C(/C(=C\C(C)=O)c1ccccc1)=C(\O)c1ccccc1Br. The molecule has 2 aromatic carbocycles. The molecule has 0 heterocycles. The standard InChI is InChI=1S/C20H17BrO3/c1-13(22)12-17(15-8-4-3-5-9-15)19(14(2)23)20(24)16-10-6-7-11-18(16)21/h3-12,23-24H,2H2,1H3/b17-12-,20-19+. The van der Waals surface area contributed by atoms with Crippen LogP contribution in [-0.2, 0) is 4.79 Å². The smallest absolute Gasteiger partial charge is 0.153 e. The summed E-state index contributed by atoms with van der Waals surface area (Å²) in [6.45, 7) is 4.97. The normalized spacial score (nSPS) is 12.5. The van der Waals surface area contributed by atoms with Crippen LogP contribution in [0.15, 0.2) is 83.1 Å². The molecule has 0 fully saturated rings. The molecule has 0 aliphatic carbocycles. The molecule has 3 nitrogen and oxygen atoms in total. The fourth-order valence-electron chi connectivity index (χ4n) is 2.33. The van der Waals surface area contributed by atoms with E-state index in [9.17, 15) is 15.0 Å². The summed E-state index contributed by atoms with van der Waals surface area (Å²) in [5.41, 5.74) is 1.71.